The maximum atomic E-state index is 12.4. The molecule has 2 aliphatic rings. The Morgan fingerprint density at radius 2 is 1.81 bits per heavy atom. The Kier molecular flexibility index (Phi) is 6.33. The van der Waals surface area contributed by atoms with Gasteiger partial charge in [0, 0.05) is 0 Å². The van der Waals surface area contributed by atoms with Crippen molar-refractivity contribution in [1.29, 1.82) is 0 Å². The van der Waals surface area contributed by atoms with Gasteiger partial charge >= 0.3 is 34.5 Å². The van der Waals surface area contributed by atoms with Gasteiger partial charge in [-0.25, -0.2) is 38.6 Å². The van der Waals surface area contributed by atoms with Crippen LogP contribution in [0.4, 0.5) is 19.2 Å². The van der Waals surface area contributed by atoms with Crippen molar-refractivity contribution in [3.8, 4) is 0 Å². The topological polar surface area (TPSA) is 195 Å². The van der Waals surface area contributed by atoms with Crippen molar-refractivity contribution in [1.82, 2.24) is 29.7 Å². The molecule has 172 valence electrons. The number of ether oxygens (including phenoxy) is 1. The number of imide groups is 1. The van der Waals surface area contributed by atoms with E-state index in [1.807, 2.05) is 5.32 Å². The van der Waals surface area contributed by atoms with Gasteiger partial charge in [0.25, 0.3) is 5.91 Å². The number of β-lactam (4-membered cyclic amide) rings is 1. The molecular weight excluding hydrogens is 452 g/mol. The number of carbonyl (C=O) groups is 5. The van der Waals surface area contributed by atoms with Crippen LogP contribution in [0.1, 0.15) is 5.56 Å². The van der Waals surface area contributed by atoms with Crippen molar-refractivity contribution in [3.63, 3.8) is 0 Å². The molecule has 0 bridgehead atoms. The standard InChI is InChI=1S/C16H18N6O9S/c23-12-11(17-14(25)26)8-20(12)13(24)19-32(29,30)22-7-6-21(16(22)28)18-15(27)31-9-10-4-2-1-3-5-10/h1-5,11,17H,6-9H2,(H,18,27)(H,19,24)(H,25,26)/t11-/m0/s1. The minimum Gasteiger partial charge on any atom is -0.465 e. The van der Waals surface area contributed by atoms with Crippen LogP contribution < -0.4 is 15.5 Å². The molecule has 3 rings (SSSR count). The van der Waals surface area contributed by atoms with Crippen molar-refractivity contribution in [2.24, 2.45) is 0 Å². The van der Waals surface area contributed by atoms with Crippen LogP contribution >= 0.6 is 0 Å². The maximum absolute atomic E-state index is 12.4. The summed E-state index contributed by atoms with van der Waals surface area (Å²) in [5.74, 6) is -0.947. The van der Waals surface area contributed by atoms with Gasteiger partial charge in [-0.15, -0.1) is 0 Å². The second-order valence-electron chi connectivity index (χ2n) is 6.54. The molecule has 1 atom stereocenters. The zero-order chi connectivity index (χ0) is 23.5. The van der Waals surface area contributed by atoms with Gasteiger partial charge in [-0.1, -0.05) is 30.3 Å². The zero-order valence-corrected chi connectivity index (χ0v) is 17.1. The number of hydrazine groups is 1. The third-order valence-corrected chi connectivity index (χ3v) is 5.74. The smallest absolute Gasteiger partial charge is 0.426 e. The number of rotatable bonds is 6. The highest BCUT2D eigenvalue weighted by Gasteiger charge is 2.45. The number of hydrogen-bond donors (Lipinski definition) is 4. The lowest BCUT2D eigenvalue weighted by Gasteiger charge is -2.36. The Morgan fingerprint density at radius 1 is 1.12 bits per heavy atom. The normalized spacial score (nSPS) is 18.1. The predicted molar refractivity (Wildman–Crippen MR) is 103 cm³/mol. The Morgan fingerprint density at radius 3 is 2.44 bits per heavy atom. The number of urea groups is 2. The lowest BCUT2D eigenvalue weighted by Crippen LogP contribution is -2.67. The molecule has 2 heterocycles. The zero-order valence-electron chi connectivity index (χ0n) is 16.3. The number of hydrogen-bond acceptors (Lipinski definition) is 8. The summed E-state index contributed by atoms with van der Waals surface area (Å²) in [6.45, 7) is -1.06. The van der Waals surface area contributed by atoms with Crippen molar-refractivity contribution in [2.75, 3.05) is 19.6 Å². The predicted octanol–water partition coefficient (Wildman–Crippen LogP) is -1.00. The van der Waals surface area contributed by atoms with Gasteiger partial charge in [0.05, 0.1) is 19.6 Å². The van der Waals surface area contributed by atoms with E-state index in [1.165, 1.54) is 0 Å². The van der Waals surface area contributed by atoms with E-state index in [1.54, 1.807) is 35.1 Å². The van der Waals surface area contributed by atoms with Gasteiger partial charge in [-0.3, -0.25) is 9.69 Å². The highest BCUT2D eigenvalue weighted by molar-refractivity contribution is 7.88. The molecule has 0 saturated carbocycles. The van der Waals surface area contributed by atoms with Crippen LogP contribution in [0, 0.1) is 0 Å². The summed E-state index contributed by atoms with van der Waals surface area (Å²) in [6, 6.07) is 5.03. The number of carbonyl (C=O) groups excluding carboxylic acids is 4. The van der Waals surface area contributed by atoms with Crippen LogP contribution in [0.25, 0.3) is 0 Å². The van der Waals surface area contributed by atoms with E-state index in [0.29, 0.717) is 19.8 Å². The number of benzene rings is 1. The van der Waals surface area contributed by atoms with Crippen molar-refractivity contribution < 1.29 is 42.2 Å². The Bertz CT molecular complexity index is 1050. The lowest BCUT2D eigenvalue weighted by molar-refractivity contribution is -0.138. The van der Waals surface area contributed by atoms with Crippen LogP contribution in [0.2, 0.25) is 0 Å². The molecule has 0 radical (unpaired) electrons. The molecule has 2 saturated heterocycles. The van der Waals surface area contributed by atoms with Crippen molar-refractivity contribution >= 4 is 40.4 Å². The number of amides is 7. The SMILES string of the molecule is O=C(O)N[C@H]1CN(C(=O)NS(=O)(=O)N2CCN(NC(=O)OCc3ccccc3)C2=O)C1=O. The van der Waals surface area contributed by atoms with E-state index < -0.39 is 53.0 Å². The number of nitrogens with zero attached hydrogens (tertiary/aromatic N) is 3. The largest absolute Gasteiger partial charge is 0.465 e. The third kappa shape index (κ3) is 4.97. The van der Waals surface area contributed by atoms with E-state index in [-0.39, 0.29) is 19.7 Å². The summed E-state index contributed by atoms with van der Waals surface area (Å²) in [4.78, 5) is 59.0. The maximum Gasteiger partial charge on any atom is 0.426 e. The fourth-order valence-corrected chi connectivity index (χ4v) is 3.86. The van der Waals surface area contributed by atoms with Gasteiger partial charge in [-0.2, -0.15) is 8.42 Å². The molecule has 2 aliphatic heterocycles. The number of carboxylic acid groups (broad SMARTS) is 1. The molecule has 1 aromatic rings. The fraction of sp³-hybridized carbons (Fsp3) is 0.312. The summed E-state index contributed by atoms with van der Waals surface area (Å²) < 4.78 is 31.5. The Labute approximate surface area is 181 Å². The molecule has 15 nitrogen and oxygen atoms in total. The van der Waals surface area contributed by atoms with Crippen LogP contribution in [0.15, 0.2) is 30.3 Å². The average molecular weight is 470 g/mol. The molecule has 16 heteroatoms. The monoisotopic (exact) mass is 470 g/mol. The molecular formula is C16H18N6O9S. The third-order valence-electron chi connectivity index (χ3n) is 4.39. The molecule has 7 amide bonds. The van der Waals surface area contributed by atoms with Crippen LogP contribution in [-0.4, -0.2) is 83.6 Å². The van der Waals surface area contributed by atoms with E-state index in [4.69, 9.17) is 9.84 Å². The first-order chi connectivity index (χ1) is 15.1. The highest BCUT2D eigenvalue weighted by atomic mass is 32.2. The summed E-state index contributed by atoms with van der Waals surface area (Å²) >= 11 is 0. The molecule has 0 aliphatic carbocycles. The summed E-state index contributed by atoms with van der Waals surface area (Å²) in [7, 11) is -4.70. The molecule has 4 N–H and O–H groups in total. The van der Waals surface area contributed by atoms with E-state index in [0.717, 1.165) is 0 Å². The van der Waals surface area contributed by atoms with Crippen LogP contribution in [0.3, 0.4) is 0 Å². The lowest BCUT2D eigenvalue weighted by atomic mass is 10.1. The van der Waals surface area contributed by atoms with E-state index in [9.17, 15) is 32.4 Å². The van der Waals surface area contributed by atoms with Gasteiger partial charge in [-0.05, 0) is 5.56 Å². The highest BCUT2D eigenvalue weighted by Crippen LogP contribution is 2.14. The molecule has 0 spiro atoms. The van der Waals surface area contributed by atoms with Gasteiger partial charge in [0.1, 0.15) is 12.6 Å². The molecule has 1 aromatic carbocycles. The van der Waals surface area contributed by atoms with Gasteiger partial charge in [0.2, 0.25) is 0 Å². The summed E-state index contributed by atoms with van der Waals surface area (Å²) in [5, 5.41) is 11.1. The van der Waals surface area contributed by atoms with E-state index in [2.05, 4.69) is 5.43 Å². The first-order valence-electron chi connectivity index (χ1n) is 9.02. The summed E-state index contributed by atoms with van der Waals surface area (Å²) in [6.07, 6.45) is -2.47. The van der Waals surface area contributed by atoms with Crippen LogP contribution in [-0.2, 0) is 26.3 Å². The molecule has 2 fully saturated rings. The van der Waals surface area contributed by atoms with Gasteiger partial charge < -0.3 is 15.2 Å². The van der Waals surface area contributed by atoms with E-state index >= 15 is 0 Å². The molecule has 0 unspecified atom stereocenters. The second kappa shape index (κ2) is 8.96. The minimum absolute atomic E-state index is 0.0750. The van der Waals surface area contributed by atoms with Crippen molar-refractivity contribution in [2.45, 2.75) is 12.6 Å². The molecule has 0 aromatic heterocycles. The first-order valence-corrected chi connectivity index (χ1v) is 10.5. The Hall–Kier alpha value is -4.08. The fourth-order valence-electron chi connectivity index (χ4n) is 2.80. The quantitative estimate of drug-likeness (QED) is 0.377. The van der Waals surface area contributed by atoms with Crippen LogP contribution in [0.5, 0.6) is 0 Å². The summed E-state index contributed by atoms with van der Waals surface area (Å²) in [5.41, 5.74) is 2.80. The van der Waals surface area contributed by atoms with Gasteiger partial charge in [0.15, 0.2) is 0 Å². The minimum atomic E-state index is -4.70. The van der Waals surface area contributed by atoms with Crippen molar-refractivity contribution in [3.05, 3.63) is 35.9 Å². The number of nitrogens with one attached hydrogen (secondary N) is 3. The second-order valence-corrected chi connectivity index (χ2v) is 8.14. The first kappa shape index (κ1) is 22.6. The number of likely N-dealkylation sites (tertiary alicyclic amines) is 1. The average Bonchev–Trinajstić information content (AvgIpc) is 3.10. The molecule has 32 heavy (non-hydrogen) atoms. The Balaban J connectivity index is 1.50.